The Morgan fingerprint density at radius 2 is 2.05 bits per heavy atom. The Morgan fingerprint density at radius 3 is 2.63 bits per heavy atom. The lowest BCUT2D eigenvalue weighted by molar-refractivity contribution is -0.246. The number of carbonyl (C=O) groups is 1. The zero-order valence-electron chi connectivity index (χ0n) is 11.5. The smallest absolute Gasteiger partial charge is 0.184 e. The molecule has 1 aromatic carbocycles. The topological polar surface area (TPSA) is 44.8 Å². The monoisotopic (exact) mass is 264 g/mol. The van der Waals surface area contributed by atoms with Crippen LogP contribution in [0.15, 0.2) is 24.3 Å². The number of ether oxygens (including phenoxy) is 3. The van der Waals surface area contributed by atoms with E-state index in [1.165, 1.54) is 0 Å². The molecule has 4 heteroatoms. The molecule has 0 radical (unpaired) electrons. The second-order valence-corrected chi connectivity index (χ2v) is 5.01. The first-order valence-electron chi connectivity index (χ1n) is 6.52. The van der Waals surface area contributed by atoms with Crippen LogP contribution in [0, 0.1) is 11.8 Å². The second-order valence-electron chi connectivity index (χ2n) is 5.01. The molecule has 1 aliphatic heterocycles. The van der Waals surface area contributed by atoms with Gasteiger partial charge in [-0.15, -0.1) is 0 Å². The van der Waals surface area contributed by atoms with Crippen molar-refractivity contribution in [3.05, 3.63) is 29.8 Å². The molecule has 1 heterocycles. The van der Waals surface area contributed by atoms with Gasteiger partial charge in [0.05, 0.1) is 19.8 Å². The van der Waals surface area contributed by atoms with E-state index in [2.05, 4.69) is 0 Å². The summed E-state index contributed by atoms with van der Waals surface area (Å²) < 4.78 is 16.7. The van der Waals surface area contributed by atoms with E-state index < -0.39 is 6.29 Å². The average molecular weight is 264 g/mol. The van der Waals surface area contributed by atoms with Gasteiger partial charge in [-0.25, -0.2) is 0 Å². The molecule has 1 aromatic rings. The largest absolute Gasteiger partial charge is 0.497 e. The van der Waals surface area contributed by atoms with Crippen molar-refractivity contribution < 1.29 is 19.0 Å². The van der Waals surface area contributed by atoms with Gasteiger partial charge in [0.2, 0.25) is 0 Å². The van der Waals surface area contributed by atoms with Gasteiger partial charge in [0, 0.05) is 17.4 Å². The Morgan fingerprint density at radius 1 is 1.37 bits per heavy atom. The first-order chi connectivity index (χ1) is 9.15. The van der Waals surface area contributed by atoms with Gasteiger partial charge in [0.15, 0.2) is 6.29 Å². The molecule has 0 bridgehead atoms. The van der Waals surface area contributed by atoms with Gasteiger partial charge >= 0.3 is 0 Å². The molecule has 1 fully saturated rings. The molecule has 0 unspecified atom stereocenters. The minimum atomic E-state index is -0.408. The molecule has 0 saturated carbocycles. The van der Waals surface area contributed by atoms with E-state index in [0.29, 0.717) is 6.61 Å². The summed E-state index contributed by atoms with van der Waals surface area (Å²) in [6.07, 6.45) is 0.435. The summed E-state index contributed by atoms with van der Waals surface area (Å²) >= 11 is 0. The molecule has 0 spiro atoms. The molecule has 19 heavy (non-hydrogen) atoms. The highest BCUT2D eigenvalue weighted by atomic mass is 16.7. The van der Waals surface area contributed by atoms with Gasteiger partial charge in [-0.05, 0) is 12.1 Å². The van der Waals surface area contributed by atoms with Crippen molar-refractivity contribution in [1.29, 1.82) is 0 Å². The van der Waals surface area contributed by atoms with Crippen LogP contribution in [0.5, 0.6) is 5.75 Å². The fourth-order valence-electron chi connectivity index (χ4n) is 2.31. The average Bonchev–Trinajstić information content (AvgIpc) is 2.47. The summed E-state index contributed by atoms with van der Waals surface area (Å²) in [5.74, 6) is 0.889. The summed E-state index contributed by atoms with van der Waals surface area (Å²) in [4.78, 5) is 10.9. The number of hydrogen-bond donors (Lipinski definition) is 0. The van der Waals surface area contributed by atoms with Crippen LogP contribution in [0.2, 0.25) is 0 Å². The highest BCUT2D eigenvalue weighted by molar-refractivity contribution is 5.53. The van der Waals surface area contributed by atoms with Crippen LogP contribution in [-0.4, -0.2) is 26.1 Å². The van der Waals surface area contributed by atoms with E-state index in [1.807, 2.05) is 38.1 Å². The molecule has 1 saturated heterocycles. The highest BCUT2D eigenvalue weighted by Gasteiger charge is 2.33. The number of hydrogen-bond acceptors (Lipinski definition) is 4. The summed E-state index contributed by atoms with van der Waals surface area (Å²) in [5.41, 5.74) is 0.941. The zero-order valence-corrected chi connectivity index (χ0v) is 11.5. The fraction of sp³-hybridized carbons (Fsp3) is 0.533. The van der Waals surface area contributed by atoms with Gasteiger partial charge in [0.1, 0.15) is 12.0 Å². The van der Waals surface area contributed by atoms with Crippen molar-refractivity contribution >= 4 is 6.29 Å². The minimum absolute atomic E-state index is 0.0987. The molecular weight excluding hydrogens is 244 g/mol. The third-order valence-corrected chi connectivity index (χ3v) is 3.47. The van der Waals surface area contributed by atoms with Crippen molar-refractivity contribution in [2.45, 2.75) is 26.2 Å². The van der Waals surface area contributed by atoms with Crippen LogP contribution in [0.1, 0.15) is 25.7 Å². The quantitative estimate of drug-likeness (QED) is 0.784. The van der Waals surface area contributed by atoms with E-state index in [-0.39, 0.29) is 17.9 Å². The van der Waals surface area contributed by atoms with E-state index in [0.717, 1.165) is 17.6 Å². The molecule has 2 rings (SSSR count). The second kappa shape index (κ2) is 6.17. The molecule has 4 atom stereocenters. The van der Waals surface area contributed by atoms with Gasteiger partial charge in [-0.2, -0.15) is 0 Å². The van der Waals surface area contributed by atoms with Crippen LogP contribution < -0.4 is 4.74 Å². The lowest BCUT2D eigenvalue weighted by atomic mass is 9.94. The standard InChI is InChI=1S/C15H20O4/c1-10(8-16)14-11(2)9-18-15(19-14)12-4-6-13(17-3)7-5-12/h4-8,10-11,14-15H,9H2,1-3H3/t10-,11+,14-,15+/m1/s1. The number of methoxy groups -OCH3 is 1. The maximum Gasteiger partial charge on any atom is 0.184 e. The number of carbonyl (C=O) groups excluding carboxylic acids is 1. The Bertz CT molecular complexity index is 415. The maximum absolute atomic E-state index is 10.9. The third-order valence-electron chi connectivity index (χ3n) is 3.47. The van der Waals surface area contributed by atoms with Crippen molar-refractivity contribution in [2.75, 3.05) is 13.7 Å². The lowest BCUT2D eigenvalue weighted by Crippen LogP contribution is -2.39. The summed E-state index contributed by atoms with van der Waals surface area (Å²) in [6.45, 7) is 4.51. The Labute approximate surface area is 113 Å². The van der Waals surface area contributed by atoms with Gasteiger partial charge in [-0.1, -0.05) is 26.0 Å². The Balaban J connectivity index is 2.10. The van der Waals surface area contributed by atoms with Crippen LogP contribution in [0.4, 0.5) is 0 Å². The molecule has 0 aromatic heterocycles. The predicted molar refractivity (Wildman–Crippen MR) is 71.0 cm³/mol. The van der Waals surface area contributed by atoms with Crippen LogP contribution in [-0.2, 0) is 14.3 Å². The van der Waals surface area contributed by atoms with Crippen molar-refractivity contribution in [3.63, 3.8) is 0 Å². The maximum atomic E-state index is 10.9. The molecular formula is C15H20O4. The fourth-order valence-corrected chi connectivity index (χ4v) is 2.31. The summed E-state index contributed by atoms with van der Waals surface area (Å²) in [5, 5.41) is 0. The van der Waals surface area contributed by atoms with Crippen molar-refractivity contribution in [3.8, 4) is 5.75 Å². The van der Waals surface area contributed by atoms with Crippen molar-refractivity contribution in [2.24, 2.45) is 11.8 Å². The van der Waals surface area contributed by atoms with Crippen LogP contribution in [0.3, 0.4) is 0 Å². The van der Waals surface area contributed by atoms with Gasteiger partial charge < -0.3 is 19.0 Å². The Kier molecular flexibility index (Phi) is 4.56. The summed E-state index contributed by atoms with van der Waals surface area (Å²) in [7, 11) is 1.63. The van der Waals surface area contributed by atoms with E-state index in [4.69, 9.17) is 14.2 Å². The zero-order chi connectivity index (χ0) is 13.8. The molecule has 0 aliphatic carbocycles. The summed E-state index contributed by atoms with van der Waals surface area (Å²) in [6, 6.07) is 7.58. The molecule has 0 amide bonds. The molecule has 104 valence electrons. The highest BCUT2D eigenvalue weighted by Crippen LogP contribution is 2.32. The number of rotatable bonds is 4. The normalized spacial score (nSPS) is 28.7. The van der Waals surface area contributed by atoms with Crippen molar-refractivity contribution in [1.82, 2.24) is 0 Å². The van der Waals surface area contributed by atoms with Gasteiger partial charge in [0.25, 0.3) is 0 Å². The lowest BCUT2D eigenvalue weighted by Gasteiger charge is -2.36. The molecule has 0 N–H and O–H groups in total. The van der Waals surface area contributed by atoms with Crippen LogP contribution in [0.25, 0.3) is 0 Å². The molecule has 4 nitrogen and oxygen atoms in total. The predicted octanol–water partition coefficient (Wildman–Crippen LogP) is 2.58. The van der Waals surface area contributed by atoms with E-state index in [1.54, 1.807) is 7.11 Å². The Hall–Kier alpha value is -1.39. The number of aldehydes is 1. The first kappa shape index (κ1) is 14.0. The third kappa shape index (κ3) is 3.14. The number of benzene rings is 1. The first-order valence-corrected chi connectivity index (χ1v) is 6.52. The SMILES string of the molecule is COc1ccc([C@H]2OC[C@H](C)[C@@H]([C@H](C)C=O)O2)cc1. The van der Waals surface area contributed by atoms with E-state index >= 15 is 0 Å². The molecule has 1 aliphatic rings. The van der Waals surface area contributed by atoms with E-state index in [9.17, 15) is 4.79 Å². The minimum Gasteiger partial charge on any atom is -0.497 e. The van der Waals surface area contributed by atoms with Gasteiger partial charge in [-0.3, -0.25) is 0 Å². The van der Waals surface area contributed by atoms with Crippen LogP contribution >= 0.6 is 0 Å².